The number of hydrogen-bond donors (Lipinski definition) is 2. The minimum absolute atomic E-state index is 0.100. The smallest absolute Gasteiger partial charge is 0.248 e. The second kappa shape index (κ2) is 11.2. The summed E-state index contributed by atoms with van der Waals surface area (Å²) in [6.07, 6.45) is 7.89. The number of nitrogens with zero attached hydrogens (tertiary/aromatic N) is 4. The van der Waals surface area contributed by atoms with Crippen LogP contribution in [-0.4, -0.2) is 68.7 Å². The first kappa shape index (κ1) is 27.4. The second-order valence-electron chi connectivity index (χ2n) is 12.3. The third-order valence-corrected chi connectivity index (χ3v) is 8.03. The molecule has 10 heteroatoms. The van der Waals surface area contributed by atoms with Crippen LogP contribution < -0.4 is 14.8 Å². The Balaban J connectivity index is 1.31. The van der Waals surface area contributed by atoms with E-state index in [4.69, 9.17) is 9.47 Å². The lowest BCUT2D eigenvalue weighted by Crippen LogP contribution is -2.50. The third kappa shape index (κ3) is 6.05. The molecule has 39 heavy (non-hydrogen) atoms. The van der Waals surface area contributed by atoms with E-state index in [0.29, 0.717) is 17.4 Å². The number of benzene rings is 1. The molecule has 0 radical (unpaired) electrons. The highest BCUT2D eigenvalue weighted by Gasteiger charge is 2.45. The van der Waals surface area contributed by atoms with Crippen molar-refractivity contribution in [2.24, 2.45) is 5.41 Å². The molecule has 1 aromatic carbocycles. The van der Waals surface area contributed by atoms with Crippen LogP contribution in [0.5, 0.6) is 11.5 Å². The fourth-order valence-electron chi connectivity index (χ4n) is 5.79. The molecule has 2 amide bonds. The number of hydrogen-bond acceptors (Lipinski definition) is 7. The van der Waals surface area contributed by atoms with Gasteiger partial charge in [0.2, 0.25) is 11.8 Å². The van der Waals surface area contributed by atoms with E-state index in [1.807, 2.05) is 45.2 Å². The fraction of sp³-hybridized carbons (Fsp3) is 0.655. The lowest BCUT2D eigenvalue weighted by atomic mass is 9.85. The maximum atomic E-state index is 14.0. The van der Waals surface area contributed by atoms with Gasteiger partial charge in [0.15, 0.2) is 11.5 Å². The summed E-state index contributed by atoms with van der Waals surface area (Å²) < 4.78 is 13.5. The van der Waals surface area contributed by atoms with Gasteiger partial charge in [-0.25, -0.2) is 4.68 Å². The van der Waals surface area contributed by atoms with Crippen LogP contribution in [-0.2, 0) is 16.1 Å². The van der Waals surface area contributed by atoms with Crippen molar-refractivity contribution < 1.29 is 24.2 Å². The molecule has 3 fully saturated rings. The zero-order valence-corrected chi connectivity index (χ0v) is 23.4. The summed E-state index contributed by atoms with van der Waals surface area (Å²) in [6, 6.07) is 4.21. The summed E-state index contributed by atoms with van der Waals surface area (Å²) in [7, 11) is 1.61. The number of carbonyl (C=O) groups excluding carboxylic acids is 2. The van der Waals surface area contributed by atoms with E-state index in [2.05, 4.69) is 15.6 Å². The SMILES string of the molecule is COc1cccc(CNC(=O)C2CC(O)CN2C(=O)[C@@H](n2cc(C3CC3)nn2)C(C)(C)C)c1OC1CCCC1. The average molecular weight is 540 g/mol. The second-order valence-corrected chi connectivity index (χ2v) is 12.3. The molecule has 5 rings (SSSR count). The molecule has 1 saturated heterocycles. The summed E-state index contributed by atoms with van der Waals surface area (Å²) in [4.78, 5) is 28.9. The normalized spacial score (nSPS) is 22.6. The van der Waals surface area contributed by atoms with Crippen molar-refractivity contribution in [2.45, 2.75) is 102 Å². The maximum absolute atomic E-state index is 14.0. The highest BCUT2D eigenvalue weighted by atomic mass is 16.5. The molecular formula is C29H41N5O5. The Morgan fingerprint density at radius 2 is 1.92 bits per heavy atom. The number of likely N-dealkylation sites (tertiary alicyclic amines) is 1. The number of rotatable bonds is 9. The molecule has 3 aliphatic rings. The quantitative estimate of drug-likeness (QED) is 0.502. The molecule has 2 aromatic rings. The van der Waals surface area contributed by atoms with Crippen LogP contribution in [0.15, 0.2) is 24.4 Å². The van der Waals surface area contributed by atoms with Crippen molar-refractivity contribution in [3.05, 3.63) is 35.7 Å². The van der Waals surface area contributed by atoms with Gasteiger partial charge < -0.3 is 24.8 Å². The molecule has 1 aromatic heterocycles. The summed E-state index contributed by atoms with van der Waals surface area (Å²) in [5.41, 5.74) is 1.24. The summed E-state index contributed by atoms with van der Waals surface area (Å²) in [6.45, 7) is 6.25. The number of carbonyl (C=O) groups is 2. The predicted octanol–water partition coefficient (Wildman–Crippen LogP) is 3.35. The van der Waals surface area contributed by atoms with Crippen LogP contribution in [0.1, 0.15) is 88.9 Å². The Kier molecular flexibility index (Phi) is 7.84. The Morgan fingerprint density at radius 1 is 1.18 bits per heavy atom. The van der Waals surface area contributed by atoms with E-state index < -0.39 is 23.6 Å². The van der Waals surface area contributed by atoms with Gasteiger partial charge in [0.25, 0.3) is 0 Å². The molecule has 1 aliphatic heterocycles. The van der Waals surface area contributed by atoms with Crippen molar-refractivity contribution in [1.82, 2.24) is 25.2 Å². The number of aliphatic hydroxyl groups excluding tert-OH is 1. The van der Waals surface area contributed by atoms with Gasteiger partial charge in [-0.05, 0) is 50.0 Å². The van der Waals surface area contributed by atoms with Gasteiger partial charge in [-0.2, -0.15) is 0 Å². The molecule has 10 nitrogen and oxygen atoms in total. The summed E-state index contributed by atoms with van der Waals surface area (Å²) in [5.74, 6) is 1.16. The van der Waals surface area contributed by atoms with Crippen LogP contribution in [0.4, 0.5) is 0 Å². The Labute approximate surface area is 230 Å². The first-order valence-electron chi connectivity index (χ1n) is 14.2. The highest BCUT2D eigenvalue weighted by Crippen LogP contribution is 2.40. The Bertz CT molecular complexity index is 1180. The number of methoxy groups -OCH3 is 1. The number of aliphatic hydroxyl groups is 1. The Morgan fingerprint density at radius 3 is 2.59 bits per heavy atom. The molecule has 0 spiro atoms. The van der Waals surface area contributed by atoms with E-state index >= 15 is 0 Å². The van der Waals surface area contributed by atoms with Crippen molar-refractivity contribution in [2.75, 3.05) is 13.7 Å². The van der Waals surface area contributed by atoms with Crippen LogP contribution in [0.25, 0.3) is 0 Å². The molecule has 2 heterocycles. The topological polar surface area (TPSA) is 119 Å². The van der Waals surface area contributed by atoms with Crippen molar-refractivity contribution >= 4 is 11.8 Å². The molecule has 212 valence electrons. The number of amides is 2. The van der Waals surface area contributed by atoms with Crippen LogP contribution in [0.2, 0.25) is 0 Å². The molecule has 0 bridgehead atoms. The van der Waals surface area contributed by atoms with Gasteiger partial charge in [-0.1, -0.05) is 38.1 Å². The minimum atomic E-state index is -0.784. The van der Waals surface area contributed by atoms with Gasteiger partial charge in [-0.15, -0.1) is 5.10 Å². The van der Waals surface area contributed by atoms with E-state index in [0.717, 1.165) is 49.8 Å². The van der Waals surface area contributed by atoms with Crippen LogP contribution in [0, 0.1) is 5.41 Å². The van der Waals surface area contributed by atoms with Crippen LogP contribution >= 0.6 is 0 Å². The van der Waals surface area contributed by atoms with Gasteiger partial charge in [0.1, 0.15) is 12.1 Å². The largest absolute Gasteiger partial charge is 0.493 e. The monoisotopic (exact) mass is 539 g/mol. The lowest BCUT2D eigenvalue weighted by molar-refractivity contribution is -0.144. The van der Waals surface area contributed by atoms with Gasteiger partial charge in [0, 0.05) is 37.2 Å². The number of nitrogens with one attached hydrogen (secondary N) is 1. The first-order valence-corrected chi connectivity index (χ1v) is 14.2. The molecule has 2 unspecified atom stereocenters. The van der Waals surface area contributed by atoms with E-state index in [-0.39, 0.29) is 37.4 Å². The molecule has 2 aliphatic carbocycles. The van der Waals surface area contributed by atoms with Gasteiger partial charge in [-0.3, -0.25) is 9.59 Å². The maximum Gasteiger partial charge on any atom is 0.248 e. The van der Waals surface area contributed by atoms with E-state index in [1.54, 1.807) is 11.8 Å². The van der Waals surface area contributed by atoms with E-state index in [1.165, 1.54) is 4.90 Å². The number of para-hydroxylation sites is 1. The van der Waals surface area contributed by atoms with E-state index in [9.17, 15) is 14.7 Å². The fourth-order valence-corrected chi connectivity index (χ4v) is 5.79. The van der Waals surface area contributed by atoms with Gasteiger partial charge >= 0.3 is 0 Å². The zero-order chi connectivity index (χ0) is 27.7. The standard InChI is InChI=1S/C29H41N5O5/c1-29(2,3)26(34-17-22(31-32-34)18-12-13-18)28(37)33-16-20(35)14-23(33)27(36)30-15-19-8-7-11-24(38-4)25(19)39-21-9-5-6-10-21/h7-8,11,17-18,20-21,23,26,35H,5-6,9-10,12-16H2,1-4H3,(H,30,36)/t20?,23?,26-/m1/s1. The first-order chi connectivity index (χ1) is 18.7. The van der Waals surface area contributed by atoms with Gasteiger partial charge in [0.05, 0.1) is 25.0 Å². The summed E-state index contributed by atoms with van der Waals surface area (Å²) in [5, 5.41) is 22.1. The highest BCUT2D eigenvalue weighted by molar-refractivity contribution is 5.90. The molecule has 2 saturated carbocycles. The number of β-amino-alcohol motifs (C(OH)–C–C–N with tert-alkyl or cyclic N) is 1. The summed E-state index contributed by atoms with van der Waals surface area (Å²) >= 11 is 0. The molecular weight excluding hydrogens is 498 g/mol. The van der Waals surface area contributed by atoms with Crippen molar-refractivity contribution in [3.63, 3.8) is 0 Å². The zero-order valence-electron chi connectivity index (χ0n) is 23.4. The number of aromatic nitrogens is 3. The molecule has 3 atom stereocenters. The Hall–Kier alpha value is -3.14. The average Bonchev–Trinajstić information content (AvgIpc) is 3.25. The predicted molar refractivity (Wildman–Crippen MR) is 144 cm³/mol. The minimum Gasteiger partial charge on any atom is -0.493 e. The number of ether oxygens (including phenoxy) is 2. The van der Waals surface area contributed by atoms with Crippen molar-refractivity contribution in [1.29, 1.82) is 0 Å². The molecule has 2 N–H and O–H groups in total. The van der Waals surface area contributed by atoms with Crippen LogP contribution in [0.3, 0.4) is 0 Å². The van der Waals surface area contributed by atoms with Crippen molar-refractivity contribution in [3.8, 4) is 11.5 Å². The lowest BCUT2D eigenvalue weighted by Gasteiger charge is -2.34. The third-order valence-electron chi connectivity index (χ3n) is 8.03.